The zero-order chi connectivity index (χ0) is 35.9. The molecule has 0 aromatic heterocycles. The van der Waals surface area contributed by atoms with Crippen molar-refractivity contribution in [3.8, 4) is 74.9 Å². The van der Waals surface area contributed by atoms with E-state index in [1.165, 1.54) is 72.8 Å². The fourth-order valence-corrected chi connectivity index (χ4v) is 5.41. The van der Waals surface area contributed by atoms with Crippen LogP contribution in [0.1, 0.15) is 16.7 Å². The first-order chi connectivity index (χ1) is 24.2. The van der Waals surface area contributed by atoms with Gasteiger partial charge in [-0.15, -0.1) is 0 Å². The van der Waals surface area contributed by atoms with Gasteiger partial charge in [-0.1, -0.05) is 12.1 Å². The van der Waals surface area contributed by atoms with Crippen molar-refractivity contribution < 1.29 is 8.78 Å². The zero-order valence-corrected chi connectivity index (χ0v) is 25.4. The van der Waals surface area contributed by atoms with Crippen molar-refractivity contribution in [2.24, 2.45) is 0 Å². The van der Waals surface area contributed by atoms with Crippen LogP contribution in [0.3, 0.4) is 0 Å². The van der Waals surface area contributed by atoms with Crippen molar-refractivity contribution in [1.82, 2.24) is 0 Å². The van der Waals surface area contributed by atoms with Crippen LogP contribution in [0.5, 0.6) is 0 Å². The summed E-state index contributed by atoms with van der Waals surface area (Å²) < 4.78 is 30.6. The van der Waals surface area contributed by atoms with E-state index in [9.17, 15) is 26.3 Å². The average molecular weight is 645 g/mol. The first-order valence-corrected chi connectivity index (χ1v) is 14.2. The fraction of sp³-hybridized carbons (Fsp3) is 0. The minimum Gasteiger partial charge on any atom is -0.238 e. The molecule has 10 heteroatoms. The van der Waals surface area contributed by atoms with Gasteiger partial charge in [-0.25, -0.2) is 33.8 Å². The number of rotatable bonds is 4. The van der Waals surface area contributed by atoms with Gasteiger partial charge in [0.25, 0.3) is 11.4 Å². The maximum absolute atomic E-state index is 15.3. The van der Waals surface area contributed by atoms with Crippen LogP contribution >= 0.6 is 0 Å². The van der Waals surface area contributed by atoms with Gasteiger partial charge in [-0.3, -0.25) is 0 Å². The molecule has 0 atom stereocenters. The van der Waals surface area contributed by atoms with Crippen LogP contribution in [0.4, 0.5) is 14.5 Å². The Morgan fingerprint density at radius 2 is 0.840 bits per heavy atom. The third kappa shape index (κ3) is 6.46. The molecule has 0 heterocycles. The number of benzene rings is 5. The molecule has 0 aliphatic carbocycles. The number of hydrogen-bond acceptors (Lipinski definition) is 5. The van der Waals surface area contributed by atoms with E-state index in [1.807, 2.05) is 30.3 Å². The summed E-state index contributed by atoms with van der Waals surface area (Å²) in [6, 6.07) is 28.6. The highest BCUT2D eigenvalue weighted by Gasteiger charge is 2.16. The lowest BCUT2D eigenvalue weighted by Crippen LogP contribution is -2.19. The van der Waals surface area contributed by atoms with Gasteiger partial charge in [0.1, 0.15) is 11.6 Å². The standard InChI is InChI=1S/C40H14F2N8/c1-48-34-8-25(20-45)7-27(15-34)29-10-31(14-33(42)12-29)36-17-37(39(21-46)49-2)35(16-38(36)40(22-47)50-3)30-9-28(11-32(41)13-30)26-5-23(18-43)4-24(6-26)19-44/h4-17H/b39-37+,40-38-. The predicted octanol–water partition coefficient (Wildman–Crippen LogP) is 7.90. The van der Waals surface area contributed by atoms with Gasteiger partial charge in [-0.05, 0) is 128 Å². The van der Waals surface area contributed by atoms with E-state index in [0.717, 1.165) is 12.1 Å². The highest BCUT2D eigenvalue weighted by atomic mass is 19.1. The lowest BCUT2D eigenvalue weighted by molar-refractivity contribution is 0.628. The van der Waals surface area contributed by atoms with Gasteiger partial charge in [0.15, 0.2) is 5.69 Å². The van der Waals surface area contributed by atoms with Crippen molar-refractivity contribution in [3.63, 3.8) is 0 Å². The number of nitrogens with zero attached hydrogens (tertiary/aromatic N) is 8. The average Bonchev–Trinajstić information content (AvgIpc) is 3.14. The molecule has 0 N–H and O–H groups in total. The van der Waals surface area contributed by atoms with Gasteiger partial charge in [-0.2, -0.15) is 15.8 Å². The zero-order valence-electron chi connectivity index (χ0n) is 25.4. The van der Waals surface area contributed by atoms with E-state index < -0.39 is 23.0 Å². The molecule has 8 nitrogen and oxygen atoms in total. The van der Waals surface area contributed by atoms with Crippen LogP contribution in [0.25, 0.3) is 70.4 Å². The SMILES string of the molecule is [C-]#[N+]/C(C#N)=c1/cc(-c2cc(F)cc(-c3cc(C#N)cc(C#N)c3)c2)/c(=C(\C#N)[N+]#[C-])cc1-c1cc(F)cc(-c2cc(C#N)cc([N+]#[C-])c2)c1. The Balaban J connectivity index is 1.89. The van der Waals surface area contributed by atoms with Gasteiger partial charge >= 0.3 is 0 Å². The van der Waals surface area contributed by atoms with Gasteiger partial charge in [0, 0.05) is 5.56 Å². The molecular formula is C40H14F2N8. The minimum atomic E-state index is -0.737. The van der Waals surface area contributed by atoms with Crippen LogP contribution in [0.2, 0.25) is 0 Å². The molecule has 0 amide bonds. The molecule has 0 aliphatic rings. The smallest absolute Gasteiger partial charge is 0.238 e. The second kappa shape index (κ2) is 13.9. The topological polar surface area (TPSA) is 132 Å². The number of halogens is 2. The van der Waals surface area contributed by atoms with Crippen molar-refractivity contribution in [3.05, 3.63) is 158 Å². The second-order valence-corrected chi connectivity index (χ2v) is 10.6. The second-order valence-electron chi connectivity index (χ2n) is 10.6. The maximum Gasteiger partial charge on any atom is 0.269 e. The molecule has 228 valence electrons. The molecule has 0 radical (unpaired) electrons. The highest BCUT2D eigenvalue weighted by Crippen LogP contribution is 2.32. The van der Waals surface area contributed by atoms with E-state index in [2.05, 4.69) is 14.5 Å². The third-order valence-electron chi connectivity index (χ3n) is 7.55. The molecule has 5 aromatic rings. The fourth-order valence-electron chi connectivity index (χ4n) is 5.41. The van der Waals surface area contributed by atoms with E-state index in [1.54, 1.807) is 0 Å². The Hall–Kier alpha value is -8.38. The van der Waals surface area contributed by atoms with Crippen LogP contribution in [0.15, 0.2) is 84.9 Å². The summed E-state index contributed by atoms with van der Waals surface area (Å²) >= 11 is 0. The predicted molar refractivity (Wildman–Crippen MR) is 179 cm³/mol. The van der Waals surface area contributed by atoms with E-state index in [-0.39, 0.29) is 66.2 Å². The lowest BCUT2D eigenvalue weighted by Gasteiger charge is -2.14. The third-order valence-corrected chi connectivity index (χ3v) is 7.55. The monoisotopic (exact) mass is 644 g/mol. The van der Waals surface area contributed by atoms with Crippen molar-refractivity contribution in [2.75, 3.05) is 0 Å². The van der Waals surface area contributed by atoms with Crippen LogP contribution in [-0.2, 0) is 0 Å². The molecule has 5 rings (SSSR count). The summed E-state index contributed by atoms with van der Waals surface area (Å²) in [7, 11) is 0. The molecule has 5 aromatic carbocycles. The van der Waals surface area contributed by atoms with Crippen molar-refractivity contribution in [1.29, 1.82) is 26.3 Å². The van der Waals surface area contributed by atoms with Gasteiger partial charge in [0.2, 0.25) is 0 Å². The largest absolute Gasteiger partial charge is 0.269 e. The summed E-state index contributed by atoms with van der Waals surface area (Å²) in [5.41, 5.74) is 1.51. The molecule has 0 aliphatic heterocycles. The molecule has 0 spiro atoms. The molecule has 0 unspecified atom stereocenters. The number of nitriles is 5. The van der Waals surface area contributed by atoms with Crippen LogP contribution in [-0.4, -0.2) is 0 Å². The van der Waals surface area contributed by atoms with Crippen LogP contribution < -0.4 is 10.4 Å². The first-order valence-electron chi connectivity index (χ1n) is 14.2. The van der Waals surface area contributed by atoms with Crippen LogP contribution in [0, 0.1) is 88.0 Å². The summed E-state index contributed by atoms with van der Waals surface area (Å²) in [6.07, 6.45) is 0. The minimum absolute atomic E-state index is 0.00301. The van der Waals surface area contributed by atoms with E-state index >= 15 is 8.78 Å². The molecule has 0 saturated heterocycles. The van der Waals surface area contributed by atoms with Gasteiger partial charge in [0.05, 0.1) is 61.2 Å². The number of hydrogen-bond donors (Lipinski definition) is 0. The Morgan fingerprint density at radius 1 is 0.460 bits per heavy atom. The normalized spacial score (nSPS) is 11.1. The van der Waals surface area contributed by atoms with E-state index in [4.69, 9.17) is 19.7 Å². The summed E-state index contributed by atoms with van der Waals surface area (Å²) in [6.45, 7) is 22.8. The molecule has 50 heavy (non-hydrogen) atoms. The van der Waals surface area contributed by atoms with E-state index in [0.29, 0.717) is 11.1 Å². The molecule has 0 fully saturated rings. The van der Waals surface area contributed by atoms with Crippen molar-refractivity contribution >= 4 is 17.1 Å². The quantitative estimate of drug-likeness (QED) is 0.184. The Kier molecular flexibility index (Phi) is 9.20. The lowest BCUT2D eigenvalue weighted by atomic mass is 9.91. The Bertz CT molecular complexity index is 2490. The molecule has 0 bridgehead atoms. The van der Waals surface area contributed by atoms with Gasteiger partial charge < -0.3 is 0 Å². The summed E-state index contributed by atoms with van der Waals surface area (Å²) in [5, 5.41) is 48.3. The molecular weight excluding hydrogens is 630 g/mol. The Morgan fingerprint density at radius 3 is 1.22 bits per heavy atom. The Labute approximate surface area is 284 Å². The highest BCUT2D eigenvalue weighted by molar-refractivity contribution is 5.85. The molecule has 0 saturated carbocycles. The maximum atomic E-state index is 15.3. The summed E-state index contributed by atoms with van der Waals surface area (Å²) in [5.74, 6) is -1.47. The summed E-state index contributed by atoms with van der Waals surface area (Å²) in [4.78, 5) is 10.1. The first kappa shape index (κ1) is 33.0. The van der Waals surface area contributed by atoms with Crippen molar-refractivity contribution in [2.45, 2.75) is 0 Å².